The molecule has 1 fully saturated rings. The molecule has 1 aliphatic heterocycles. The van der Waals surface area contributed by atoms with Crippen molar-refractivity contribution in [3.63, 3.8) is 0 Å². The number of piperazine rings is 1. The van der Waals surface area contributed by atoms with Crippen LogP contribution < -0.4 is 5.73 Å². The van der Waals surface area contributed by atoms with Crippen LogP contribution in [0.1, 0.15) is 43.6 Å². The summed E-state index contributed by atoms with van der Waals surface area (Å²) in [5.41, 5.74) is 7.66. The molecule has 28 heavy (non-hydrogen) atoms. The van der Waals surface area contributed by atoms with Gasteiger partial charge in [0.05, 0.1) is 6.54 Å². The molecule has 152 valence electrons. The topological polar surface area (TPSA) is 88.5 Å². The van der Waals surface area contributed by atoms with Crippen molar-refractivity contribution in [2.45, 2.75) is 45.6 Å². The van der Waals surface area contributed by atoms with E-state index in [0.717, 1.165) is 64.0 Å². The Morgan fingerprint density at radius 2 is 1.79 bits per heavy atom. The Hall–Kier alpha value is -2.25. The predicted molar refractivity (Wildman–Crippen MR) is 108 cm³/mol. The van der Waals surface area contributed by atoms with E-state index in [1.807, 2.05) is 29.2 Å². The van der Waals surface area contributed by atoms with Crippen LogP contribution in [0.15, 0.2) is 28.8 Å². The zero-order valence-corrected chi connectivity index (χ0v) is 16.8. The van der Waals surface area contributed by atoms with Gasteiger partial charge in [0.2, 0.25) is 17.6 Å². The number of carbonyl (C=O) groups excluding carboxylic acids is 1. The zero-order chi connectivity index (χ0) is 19.8. The first-order chi connectivity index (χ1) is 13.7. The third-order valence-electron chi connectivity index (χ3n) is 5.21. The quantitative estimate of drug-likeness (QED) is 0.668. The first kappa shape index (κ1) is 20.5. The van der Waals surface area contributed by atoms with Crippen LogP contribution in [0.5, 0.6) is 0 Å². The van der Waals surface area contributed by atoms with E-state index in [4.69, 9.17) is 10.3 Å². The van der Waals surface area contributed by atoms with Crippen LogP contribution in [-0.4, -0.2) is 58.6 Å². The van der Waals surface area contributed by atoms with E-state index < -0.39 is 0 Å². The zero-order valence-electron chi connectivity index (χ0n) is 16.8. The lowest BCUT2D eigenvalue weighted by atomic mass is 10.1. The van der Waals surface area contributed by atoms with Gasteiger partial charge in [-0.05, 0) is 26.3 Å². The summed E-state index contributed by atoms with van der Waals surface area (Å²) in [5, 5.41) is 4.09. The van der Waals surface area contributed by atoms with Gasteiger partial charge in [0.25, 0.3) is 0 Å². The molecular weight excluding hydrogens is 354 g/mol. The number of hydrogen-bond acceptors (Lipinski definition) is 6. The third-order valence-corrected chi connectivity index (χ3v) is 5.21. The number of amides is 1. The Bertz CT molecular complexity index is 736. The van der Waals surface area contributed by atoms with Crippen molar-refractivity contribution in [1.29, 1.82) is 0 Å². The van der Waals surface area contributed by atoms with Crippen LogP contribution in [0.2, 0.25) is 0 Å². The molecule has 2 N–H and O–H groups in total. The van der Waals surface area contributed by atoms with Crippen molar-refractivity contribution in [1.82, 2.24) is 19.9 Å². The highest BCUT2D eigenvalue weighted by atomic mass is 16.5. The van der Waals surface area contributed by atoms with Gasteiger partial charge in [-0.25, -0.2) is 0 Å². The second-order valence-corrected chi connectivity index (χ2v) is 7.49. The lowest BCUT2D eigenvalue weighted by Crippen LogP contribution is -2.48. The Kier molecular flexibility index (Phi) is 7.56. The molecule has 2 heterocycles. The molecule has 0 spiro atoms. The molecule has 0 bridgehead atoms. The number of carbonyl (C=O) groups is 1. The minimum absolute atomic E-state index is 0.270. The van der Waals surface area contributed by atoms with Gasteiger partial charge >= 0.3 is 0 Å². The van der Waals surface area contributed by atoms with E-state index in [9.17, 15) is 4.79 Å². The SMILES string of the molecule is Cc1ccc(-c2noc(CN3CCN(C(=O)CCCCCCN)CC3)n2)cc1. The van der Waals surface area contributed by atoms with Crippen LogP contribution in [0, 0.1) is 6.92 Å². The smallest absolute Gasteiger partial charge is 0.241 e. The fourth-order valence-corrected chi connectivity index (χ4v) is 3.42. The van der Waals surface area contributed by atoms with E-state index in [0.29, 0.717) is 24.7 Å². The van der Waals surface area contributed by atoms with Gasteiger partial charge in [-0.1, -0.05) is 47.8 Å². The molecule has 0 saturated carbocycles. The Balaban J connectivity index is 1.41. The maximum atomic E-state index is 12.3. The van der Waals surface area contributed by atoms with Gasteiger partial charge in [-0.2, -0.15) is 4.98 Å². The van der Waals surface area contributed by atoms with Crippen molar-refractivity contribution in [2.24, 2.45) is 5.73 Å². The molecule has 1 saturated heterocycles. The van der Waals surface area contributed by atoms with E-state index in [-0.39, 0.29) is 5.91 Å². The summed E-state index contributed by atoms with van der Waals surface area (Å²) in [6, 6.07) is 8.09. The highest BCUT2D eigenvalue weighted by molar-refractivity contribution is 5.76. The van der Waals surface area contributed by atoms with E-state index in [1.54, 1.807) is 0 Å². The molecule has 1 aliphatic rings. The lowest BCUT2D eigenvalue weighted by Gasteiger charge is -2.34. The van der Waals surface area contributed by atoms with Crippen LogP contribution >= 0.6 is 0 Å². The van der Waals surface area contributed by atoms with Gasteiger partial charge < -0.3 is 15.2 Å². The molecule has 3 rings (SSSR count). The number of unbranched alkanes of at least 4 members (excludes halogenated alkanes) is 3. The summed E-state index contributed by atoms with van der Waals surface area (Å²) in [5.74, 6) is 1.51. The summed E-state index contributed by atoms with van der Waals surface area (Å²) in [4.78, 5) is 21.1. The molecule has 1 aromatic carbocycles. The number of nitrogens with two attached hydrogens (primary N) is 1. The van der Waals surface area contributed by atoms with Crippen LogP contribution in [0.3, 0.4) is 0 Å². The lowest BCUT2D eigenvalue weighted by molar-refractivity contribution is -0.133. The molecule has 0 radical (unpaired) electrons. The van der Waals surface area contributed by atoms with Crippen molar-refractivity contribution >= 4 is 5.91 Å². The Morgan fingerprint density at radius 3 is 2.50 bits per heavy atom. The molecule has 7 heteroatoms. The van der Waals surface area contributed by atoms with E-state index >= 15 is 0 Å². The summed E-state index contributed by atoms with van der Waals surface area (Å²) in [7, 11) is 0. The highest BCUT2D eigenvalue weighted by Gasteiger charge is 2.22. The Morgan fingerprint density at radius 1 is 1.07 bits per heavy atom. The standard InChI is InChI=1S/C21H31N5O2/c1-17-7-9-18(10-8-17)21-23-19(28-24-21)16-25-12-14-26(15-13-25)20(27)6-4-2-3-5-11-22/h7-10H,2-6,11-16,22H2,1H3. The van der Waals surface area contributed by atoms with Gasteiger partial charge in [0.1, 0.15) is 0 Å². The molecule has 0 unspecified atom stereocenters. The average molecular weight is 386 g/mol. The first-order valence-electron chi connectivity index (χ1n) is 10.3. The van der Waals surface area contributed by atoms with Crippen molar-refractivity contribution in [2.75, 3.05) is 32.7 Å². The van der Waals surface area contributed by atoms with Crippen LogP contribution in [-0.2, 0) is 11.3 Å². The van der Waals surface area contributed by atoms with E-state index in [2.05, 4.69) is 22.0 Å². The fraction of sp³-hybridized carbons (Fsp3) is 0.571. The van der Waals surface area contributed by atoms with Crippen molar-refractivity contribution < 1.29 is 9.32 Å². The van der Waals surface area contributed by atoms with Gasteiger partial charge in [-0.3, -0.25) is 9.69 Å². The predicted octanol–water partition coefficient (Wildman–Crippen LogP) is 2.60. The molecular formula is C21H31N5O2. The second kappa shape index (κ2) is 10.3. The summed E-state index contributed by atoms with van der Waals surface area (Å²) < 4.78 is 5.42. The monoisotopic (exact) mass is 385 g/mol. The molecule has 0 atom stereocenters. The fourth-order valence-electron chi connectivity index (χ4n) is 3.42. The summed E-state index contributed by atoms with van der Waals surface area (Å²) in [6.07, 6.45) is 4.86. The molecule has 0 aliphatic carbocycles. The molecule has 1 amide bonds. The number of nitrogens with zero attached hydrogens (tertiary/aromatic N) is 4. The third kappa shape index (κ3) is 5.87. The van der Waals surface area contributed by atoms with Crippen molar-refractivity contribution in [3.8, 4) is 11.4 Å². The van der Waals surface area contributed by atoms with Gasteiger partial charge in [0, 0.05) is 38.2 Å². The Labute approximate surface area is 166 Å². The van der Waals surface area contributed by atoms with E-state index in [1.165, 1.54) is 5.56 Å². The van der Waals surface area contributed by atoms with Crippen molar-refractivity contribution in [3.05, 3.63) is 35.7 Å². The van der Waals surface area contributed by atoms with Gasteiger partial charge in [-0.15, -0.1) is 0 Å². The largest absolute Gasteiger partial charge is 0.340 e. The number of hydrogen-bond donors (Lipinski definition) is 1. The maximum absolute atomic E-state index is 12.3. The number of rotatable bonds is 9. The summed E-state index contributed by atoms with van der Waals surface area (Å²) in [6.45, 7) is 6.61. The number of aromatic nitrogens is 2. The minimum atomic E-state index is 0.270. The molecule has 2 aromatic rings. The van der Waals surface area contributed by atoms with Crippen LogP contribution in [0.4, 0.5) is 0 Å². The number of aryl methyl sites for hydroxylation is 1. The molecule has 7 nitrogen and oxygen atoms in total. The van der Waals surface area contributed by atoms with Crippen LogP contribution in [0.25, 0.3) is 11.4 Å². The molecule has 1 aromatic heterocycles. The average Bonchev–Trinajstić information content (AvgIpc) is 3.17. The minimum Gasteiger partial charge on any atom is -0.340 e. The van der Waals surface area contributed by atoms with Gasteiger partial charge in [0.15, 0.2) is 0 Å². The number of benzene rings is 1. The normalized spacial score (nSPS) is 15.1. The second-order valence-electron chi connectivity index (χ2n) is 7.49. The first-order valence-corrected chi connectivity index (χ1v) is 10.3. The highest BCUT2D eigenvalue weighted by Crippen LogP contribution is 2.17. The maximum Gasteiger partial charge on any atom is 0.241 e. The summed E-state index contributed by atoms with van der Waals surface area (Å²) >= 11 is 0.